The number of rotatable bonds is 6. The average molecular weight is 299 g/mol. The molecular formula is C16H13NO5. The van der Waals surface area contributed by atoms with Crippen LogP contribution in [0, 0.1) is 10.1 Å². The van der Waals surface area contributed by atoms with Gasteiger partial charge in [-0.2, -0.15) is 0 Å². The fraction of sp³-hybridized carbons (Fsp3) is 0.125. The third kappa shape index (κ3) is 3.99. The van der Waals surface area contributed by atoms with Crippen LogP contribution in [0.25, 0.3) is 0 Å². The maximum Gasteiger partial charge on any atom is 0.310 e. The third-order valence-corrected chi connectivity index (χ3v) is 2.98. The molecule has 6 heteroatoms. The second-order valence-corrected chi connectivity index (χ2v) is 4.51. The van der Waals surface area contributed by atoms with Crippen LogP contribution >= 0.6 is 0 Å². The summed E-state index contributed by atoms with van der Waals surface area (Å²) < 4.78 is 4.89. The molecule has 2 rings (SSSR count). The maximum atomic E-state index is 11.8. The summed E-state index contributed by atoms with van der Waals surface area (Å²) in [5.74, 6) is -1.00. The van der Waals surface area contributed by atoms with E-state index in [4.69, 9.17) is 4.74 Å². The lowest BCUT2D eigenvalue weighted by molar-refractivity contribution is -0.385. The number of para-hydroxylation sites is 1. The number of benzene rings is 2. The Bertz CT molecular complexity index is 697. The molecule has 0 aliphatic carbocycles. The van der Waals surface area contributed by atoms with Gasteiger partial charge in [0.25, 0.3) is 5.69 Å². The quantitative estimate of drug-likeness (QED) is 0.354. The second-order valence-electron chi connectivity index (χ2n) is 4.51. The molecule has 0 fully saturated rings. The highest BCUT2D eigenvalue weighted by Gasteiger charge is 2.17. The van der Waals surface area contributed by atoms with E-state index in [9.17, 15) is 19.7 Å². The van der Waals surface area contributed by atoms with E-state index in [2.05, 4.69) is 0 Å². The van der Waals surface area contributed by atoms with Crippen molar-refractivity contribution in [1.82, 2.24) is 0 Å². The summed E-state index contributed by atoms with van der Waals surface area (Å²) in [7, 11) is 0. The molecule has 112 valence electrons. The highest BCUT2D eigenvalue weighted by Crippen LogP contribution is 2.18. The van der Waals surface area contributed by atoms with Crippen LogP contribution < -0.4 is 0 Å². The molecule has 0 spiro atoms. The average Bonchev–Trinajstić information content (AvgIpc) is 2.53. The minimum atomic E-state index is -0.682. The Morgan fingerprint density at radius 1 is 1.00 bits per heavy atom. The zero-order valence-corrected chi connectivity index (χ0v) is 11.6. The predicted molar refractivity (Wildman–Crippen MR) is 78.5 cm³/mol. The molecule has 22 heavy (non-hydrogen) atoms. The number of carbonyl (C=O) groups excluding carboxylic acids is 2. The SMILES string of the molecule is O=C(Cc1ccccc1[N+](=O)[O-])OCC(=O)c1ccccc1. The highest BCUT2D eigenvalue weighted by atomic mass is 16.6. The van der Waals surface area contributed by atoms with Crippen molar-refractivity contribution in [2.24, 2.45) is 0 Å². The van der Waals surface area contributed by atoms with E-state index >= 15 is 0 Å². The number of carbonyl (C=O) groups is 2. The van der Waals surface area contributed by atoms with E-state index < -0.39 is 10.9 Å². The lowest BCUT2D eigenvalue weighted by Gasteiger charge is -2.05. The molecule has 0 heterocycles. The van der Waals surface area contributed by atoms with Crippen LogP contribution in [0.4, 0.5) is 5.69 Å². The molecule has 0 N–H and O–H groups in total. The topological polar surface area (TPSA) is 86.5 Å². The summed E-state index contributed by atoms with van der Waals surface area (Å²) in [5, 5.41) is 10.9. The Labute approximate surface area is 126 Å². The summed E-state index contributed by atoms with van der Waals surface area (Å²) in [4.78, 5) is 33.8. The largest absolute Gasteiger partial charge is 0.457 e. The van der Waals surface area contributed by atoms with Crippen molar-refractivity contribution < 1.29 is 19.2 Å². The van der Waals surface area contributed by atoms with Crippen molar-refractivity contribution in [2.45, 2.75) is 6.42 Å². The Kier molecular flexibility index (Phi) is 4.98. The molecule has 2 aromatic carbocycles. The number of ether oxygens (including phenoxy) is 1. The minimum Gasteiger partial charge on any atom is -0.457 e. The molecule has 0 aliphatic heterocycles. The molecule has 0 aliphatic rings. The van der Waals surface area contributed by atoms with Gasteiger partial charge in [0.1, 0.15) is 0 Å². The summed E-state index contributed by atoms with van der Waals surface area (Å²) >= 11 is 0. The monoisotopic (exact) mass is 299 g/mol. The Balaban J connectivity index is 1.94. The number of nitro benzene ring substituents is 1. The zero-order chi connectivity index (χ0) is 15.9. The molecule has 6 nitrogen and oxygen atoms in total. The van der Waals surface area contributed by atoms with Gasteiger partial charge in [-0.05, 0) is 0 Å². The number of nitrogens with zero attached hydrogens (tertiary/aromatic N) is 1. The van der Waals surface area contributed by atoms with Gasteiger partial charge < -0.3 is 4.74 Å². The number of nitro groups is 1. The lowest BCUT2D eigenvalue weighted by Crippen LogP contribution is -2.16. The normalized spacial score (nSPS) is 10.0. The van der Waals surface area contributed by atoms with Gasteiger partial charge in [0, 0.05) is 17.2 Å². The van der Waals surface area contributed by atoms with Gasteiger partial charge in [-0.25, -0.2) is 0 Å². The van der Waals surface area contributed by atoms with Crippen LogP contribution in [0.1, 0.15) is 15.9 Å². The van der Waals surface area contributed by atoms with E-state index in [-0.39, 0.29) is 30.1 Å². The van der Waals surface area contributed by atoms with Gasteiger partial charge in [-0.15, -0.1) is 0 Å². The zero-order valence-electron chi connectivity index (χ0n) is 11.6. The molecule has 0 radical (unpaired) electrons. The Morgan fingerprint density at radius 2 is 1.64 bits per heavy atom. The van der Waals surface area contributed by atoms with Crippen molar-refractivity contribution >= 4 is 17.4 Å². The van der Waals surface area contributed by atoms with E-state index in [0.717, 1.165) is 0 Å². The second kappa shape index (κ2) is 7.12. The molecule has 0 saturated carbocycles. The highest BCUT2D eigenvalue weighted by molar-refractivity contribution is 5.97. The first-order valence-corrected chi connectivity index (χ1v) is 6.54. The molecular weight excluding hydrogens is 286 g/mol. The van der Waals surface area contributed by atoms with Crippen LogP contribution in [0.15, 0.2) is 54.6 Å². The minimum absolute atomic E-state index is 0.145. The smallest absolute Gasteiger partial charge is 0.310 e. The molecule has 0 atom stereocenters. The molecule has 0 unspecified atom stereocenters. The van der Waals surface area contributed by atoms with Crippen LogP contribution in [-0.4, -0.2) is 23.3 Å². The number of ketones is 1. The summed E-state index contributed by atoms with van der Waals surface area (Å²) in [6.07, 6.45) is -0.251. The molecule has 0 saturated heterocycles. The van der Waals surface area contributed by atoms with Crippen molar-refractivity contribution in [1.29, 1.82) is 0 Å². The first-order chi connectivity index (χ1) is 10.6. The third-order valence-electron chi connectivity index (χ3n) is 2.98. The summed E-state index contributed by atoms with van der Waals surface area (Å²) in [5.41, 5.74) is 0.555. The van der Waals surface area contributed by atoms with Crippen LogP contribution in [0.2, 0.25) is 0 Å². The van der Waals surface area contributed by atoms with Crippen LogP contribution in [-0.2, 0) is 16.0 Å². The van der Waals surface area contributed by atoms with E-state index in [1.165, 1.54) is 18.2 Å². The van der Waals surface area contributed by atoms with Gasteiger partial charge in [-0.3, -0.25) is 19.7 Å². The van der Waals surface area contributed by atoms with Gasteiger partial charge >= 0.3 is 5.97 Å². The van der Waals surface area contributed by atoms with Gasteiger partial charge in [-0.1, -0.05) is 48.5 Å². The van der Waals surface area contributed by atoms with Gasteiger partial charge in [0.05, 0.1) is 11.3 Å². The van der Waals surface area contributed by atoms with Crippen molar-refractivity contribution in [2.75, 3.05) is 6.61 Å². The van der Waals surface area contributed by atoms with Crippen LogP contribution in [0.5, 0.6) is 0 Å². The van der Waals surface area contributed by atoms with Crippen molar-refractivity contribution in [3.8, 4) is 0 Å². The van der Waals surface area contributed by atoms with Crippen LogP contribution in [0.3, 0.4) is 0 Å². The summed E-state index contributed by atoms with van der Waals surface area (Å²) in [6, 6.07) is 14.4. The maximum absolute atomic E-state index is 11.8. The number of esters is 1. The standard InChI is InChI=1S/C16H13NO5/c18-15(12-6-2-1-3-7-12)11-22-16(19)10-13-8-4-5-9-14(13)17(20)21/h1-9H,10-11H2. The van der Waals surface area contributed by atoms with Gasteiger partial charge in [0.15, 0.2) is 12.4 Å². The molecule has 0 bridgehead atoms. The molecule has 0 aromatic heterocycles. The fourth-order valence-electron chi connectivity index (χ4n) is 1.90. The van der Waals surface area contributed by atoms with Crippen molar-refractivity contribution in [3.05, 3.63) is 75.8 Å². The van der Waals surface area contributed by atoms with E-state index in [1.54, 1.807) is 36.4 Å². The molecule has 2 aromatic rings. The summed E-state index contributed by atoms with van der Waals surface area (Å²) in [6.45, 7) is -0.385. The van der Waals surface area contributed by atoms with Crippen molar-refractivity contribution in [3.63, 3.8) is 0 Å². The number of hydrogen-bond acceptors (Lipinski definition) is 5. The first kappa shape index (κ1) is 15.4. The van der Waals surface area contributed by atoms with E-state index in [1.807, 2.05) is 0 Å². The number of hydrogen-bond donors (Lipinski definition) is 0. The first-order valence-electron chi connectivity index (χ1n) is 6.54. The van der Waals surface area contributed by atoms with Gasteiger partial charge in [0.2, 0.25) is 0 Å². The predicted octanol–water partition coefficient (Wildman–Crippen LogP) is 2.56. The lowest BCUT2D eigenvalue weighted by atomic mass is 10.1. The molecule has 0 amide bonds. The Morgan fingerprint density at radius 3 is 2.32 bits per heavy atom. The number of Topliss-reactive ketones (excluding diaryl/α,β-unsaturated/α-hetero) is 1. The fourth-order valence-corrected chi connectivity index (χ4v) is 1.90. The Hall–Kier alpha value is -3.02. The van der Waals surface area contributed by atoms with E-state index in [0.29, 0.717) is 5.56 Å².